The first-order valence-electron chi connectivity index (χ1n) is 8.00. The molecule has 7 heteroatoms. The van der Waals surface area contributed by atoms with Gasteiger partial charge >= 0.3 is 0 Å². The van der Waals surface area contributed by atoms with Crippen molar-refractivity contribution >= 4 is 17.5 Å². The molecule has 0 atom stereocenters. The molecule has 1 N–H and O–H groups in total. The van der Waals surface area contributed by atoms with Crippen molar-refractivity contribution in [2.24, 2.45) is 0 Å². The summed E-state index contributed by atoms with van der Waals surface area (Å²) in [4.78, 5) is 25.6. The number of halogens is 1. The minimum Gasteiger partial charge on any atom is -0.493 e. The fourth-order valence-electron chi connectivity index (χ4n) is 2.45. The van der Waals surface area contributed by atoms with Crippen LogP contribution in [-0.2, 0) is 4.79 Å². The predicted molar refractivity (Wildman–Crippen MR) is 96.3 cm³/mol. The van der Waals surface area contributed by atoms with Crippen molar-refractivity contribution in [3.63, 3.8) is 0 Å². The number of carbonyl (C=O) groups excluding carboxylic acids is 2. The molecule has 2 aromatic carbocycles. The highest BCUT2D eigenvalue weighted by Gasteiger charge is 2.14. The van der Waals surface area contributed by atoms with Gasteiger partial charge in [0.2, 0.25) is 5.91 Å². The van der Waals surface area contributed by atoms with E-state index in [1.165, 1.54) is 50.3 Å². The zero-order chi connectivity index (χ0) is 19.1. The lowest BCUT2D eigenvalue weighted by Gasteiger charge is -2.21. The molecule has 0 aliphatic carbocycles. The zero-order valence-corrected chi connectivity index (χ0v) is 14.9. The molecule has 2 aromatic rings. The van der Waals surface area contributed by atoms with E-state index in [1.807, 2.05) is 0 Å². The predicted octanol–water partition coefficient (Wildman–Crippen LogP) is 2.63. The number of carbonyl (C=O) groups is 2. The van der Waals surface area contributed by atoms with Crippen LogP contribution in [0.5, 0.6) is 11.5 Å². The van der Waals surface area contributed by atoms with Crippen LogP contribution >= 0.6 is 0 Å². The van der Waals surface area contributed by atoms with Gasteiger partial charge in [-0.05, 0) is 42.5 Å². The highest BCUT2D eigenvalue weighted by molar-refractivity contribution is 5.95. The molecule has 2 amide bonds. The van der Waals surface area contributed by atoms with Gasteiger partial charge in [0.25, 0.3) is 5.91 Å². The van der Waals surface area contributed by atoms with Crippen molar-refractivity contribution < 1.29 is 23.5 Å². The standard InChI is InChI=1S/C19H21FN2O4/c1-13(23)22(16-7-5-15(20)6-8-16)11-10-21-19(24)14-4-9-17(25-2)18(12-14)26-3/h4-9,12H,10-11H2,1-3H3,(H,21,24). The summed E-state index contributed by atoms with van der Waals surface area (Å²) in [6.07, 6.45) is 0. The van der Waals surface area contributed by atoms with Crippen LogP contribution in [0.25, 0.3) is 0 Å². The van der Waals surface area contributed by atoms with Crippen molar-refractivity contribution in [3.8, 4) is 11.5 Å². The Hall–Kier alpha value is -3.09. The van der Waals surface area contributed by atoms with Gasteiger partial charge < -0.3 is 19.7 Å². The Bertz CT molecular complexity index is 778. The van der Waals surface area contributed by atoms with Crippen molar-refractivity contribution in [3.05, 3.63) is 53.8 Å². The summed E-state index contributed by atoms with van der Waals surface area (Å²) in [7, 11) is 3.01. The van der Waals surface area contributed by atoms with Crippen molar-refractivity contribution in [2.75, 3.05) is 32.2 Å². The van der Waals surface area contributed by atoms with Gasteiger partial charge in [0, 0.05) is 31.3 Å². The van der Waals surface area contributed by atoms with Crippen LogP contribution in [0.3, 0.4) is 0 Å². The van der Waals surface area contributed by atoms with E-state index in [0.717, 1.165) is 0 Å². The number of hydrogen-bond donors (Lipinski definition) is 1. The van der Waals surface area contributed by atoms with Gasteiger partial charge in [0.05, 0.1) is 14.2 Å². The molecule has 0 heterocycles. The third-order valence-corrected chi connectivity index (χ3v) is 3.79. The molecule has 0 aromatic heterocycles. The van der Waals surface area contributed by atoms with E-state index in [9.17, 15) is 14.0 Å². The van der Waals surface area contributed by atoms with Crippen LogP contribution in [0.2, 0.25) is 0 Å². The zero-order valence-electron chi connectivity index (χ0n) is 14.9. The Kier molecular flexibility index (Phi) is 6.54. The highest BCUT2D eigenvalue weighted by atomic mass is 19.1. The minimum absolute atomic E-state index is 0.197. The van der Waals surface area contributed by atoms with E-state index in [4.69, 9.17) is 9.47 Å². The number of rotatable bonds is 7. The number of anilines is 1. The van der Waals surface area contributed by atoms with Gasteiger partial charge in [-0.25, -0.2) is 4.39 Å². The first kappa shape index (κ1) is 19.2. The summed E-state index contributed by atoms with van der Waals surface area (Å²) < 4.78 is 23.4. The summed E-state index contributed by atoms with van der Waals surface area (Å²) in [5.74, 6) is 0.115. The number of nitrogens with zero attached hydrogens (tertiary/aromatic N) is 1. The topological polar surface area (TPSA) is 67.9 Å². The van der Waals surface area contributed by atoms with Gasteiger partial charge in [-0.2, -0.15) is 0 Å². The first-order valence-corrected chi connectivity index (χ1v) is 8.00. The molecule has 0 unspecified atom stereocenters. The first-order chi connectivity index (χ1) is 12.5. The lowest BCUT2D eigenvalue weighted by Crippen LogP contribution is -2.37. The largest absolute Gasteiger partial charge is 0.493 e. The van der Waals surface area contributed by atoms with Crippen LogP contribution in [-0.4, -0.2) is 39.1 Å². The average molecular weight is 360 g/mol. The number of nitrogens with one attached hydrogen (secondary N) is 1. The van der Waals surface area contributed by atoms with Crippen LogP contribution in [0, 0.1) is 5.82 Å². The monoisotopic (exact) mass is 360 g/mol. The van der Waals surface area contributed by atoms with Crippen LogP contribution < -0.4 is 19.7 Å². The summed E-state index contributed by atoms with van der Waals surface area (Å²) in [5.41, 5.74) is 0.984. The van der Waals surface area contributed by atoms with Crippen LogP contribution in [0.15, 0.2) is 42.5 Å². The molecular weight excluding hydrogens is 339 g/mol. The van der Waals surface area contributed by atoms with E-state index >= 15 is 0 Å². The number of hydrogen-bond acceptors (Lipinski definition) is 4. The molecule has 0 spiro atoms. The van der Waals surface area contributed by atoms with Crippen molar-refractivity contribution in [1.82, 2.24) is 5.32 Å². The number of ether oxygens (including phenoxy) is 2. The maximum atomic E-state index is 13.0. The highest BCUT2D eigenvalue weighted by Crippen LogP contribution is 2.27. The number of benzene rings is 2. The third kappa shape index (κ3) is 4.72. The molecule has 0 saturated carbocycles. The SMILES string of the molecule is COc1ccc(C(=O)NCCN(C(C)=O)c2ccc(F)cc2)cc1OC. The number of methoxy groups -OCH3 is 2. The fraction of sp³-hybridized carbons (Fsp3) is 0.263. The fourth-order valence-corrected chi connectivity index (χ4v) is 2.45. The number of amides is 2. The molecule has 0 aliphatic rings. The Labute approximate surface area is 151 Å². The summed E-state index contributed by atoms with van der Waals surface area (Å²) in [5, 5.41) is 2.75. The second kappa shape index (κ2) is 8.84. The molecule has 6 nitrogen and oxygen atoms in total. The van der Waals surface area contributed by atoms with Gasteiger partial charge in [-0.1, -0.05) is 0 Å². The van der Waals surface area contributed by atoms with Crippen LogP contribution in [0.1, 0.15) is 17.3 Å². The van der Waals surface area contributed by atoms with Crippen molar-refractivity contribution in [1.29, 1.82) is 0 Å². The second-order valence-electron chi connectivity index (χ2n) is 5.47. The Morgan fingerprint density at radius 2 is 1.69 bits per heavy atom. The van der Waals surface area contributed by atoms with E-state index < -0.39 is 0 Å². The van der Waals surface area contributed by atoms with E-state index in [-0.39, 0.29) is 30.7 Å². The van der Waals surface area contributed by atoms with Gasteiger partial charge in [-0.3, -0.25) is 9.59 Å². The molecule has 0 radical (unpaired) electrons. The van der Waals surface area contributed by atoms with Gasteiger partial charge in [0.1, 0.15) is 5.82 Å². The van der Waals surface area contributed by atoms with E-state index in [2.05, 4.69) is 5.32 Å². The normalized spacial score (nSPS) is 10.2. The lowest BCUT2D eigenvalue weighted by atomic mass is 10.2. The van der Waals surface area contributed by atoms with Crippen LogP contribution in [0.4, 0.5) is 10.1 Å². The summed E-state index contributed by atoms with van der Waals surface area (Å²) >= 11 is 0. The maximum absolute atomic E-state index is 13.0. The molecule has 26 heavy (non-hydrogen) atoms. The van der Waals surface area contributed by atoms with Gasteiger partial charge in [-0.15, -0.1) is 0 Å². The average Bonchev–Trinajstić information content (AvgIpc) is 2.65. The minimum atomic E-state index is -0.376. The smallest absolute Gasteiger partial charge is 0.251 e. The Morgan fingerprint density at radius 3 is 2.27 bits per heavy atom. The Balaban J connectivity index is 1.99. The molecular formula is C19H21FN2O4. The molecule has 0 saturated heterocycles. The van der Waals surface area contributed by atoms with E-state index in [0.29, 0.717) is 22.7 Å². The quantitative estimate of drug-likeness (QED) is 0.824. The maximum Gasteiger partial charge on any atom is 0.251 e. The van der Waals surface area contributed by atoms with Crippen molar-refractivity contribution in [2.45, 2.75) is 6.92 Å². The molecule has 0 aliphatic heterocycles. The second-order valence-corrected chi connectivity index (χ2v) is 5.47. The third-order valence-electron chi connectivity index (χ3n) is 3.79. The molecule has 0 fully saturated rings. The summed E-state index contributed by atoms with van der Waals surface area (Å²) in [6, 6.07) is 10.5. The summed E-state index contributed by atoms with van der Waals surface area (Å²) in [6.45, 7) is 1.92. The molecule has 2 rings (SSSR count). The molecule has 138 valence electrons. The van der Waals surface area contributed by atoms with E-state index in [1.54, 1.807) is 18.2 Å². The lowest BCUT2D eigenvalue weighted by molar-refractivity contribution is -0.116. The Morgan fingerprint density at radius 1 is 1.04 bits per heavy atom. The van der Waals surface area contributed by atoms with Gasteiger partial charge in [0.15, 0.2) is 11.5 Å². The molecule has 0 bridgehead atoms.